The van der Waals surface area contributed by atoms with E-state index in [-0.39, 0.29) is 28.7 Å². The average Bonchev–Trinajstić information content (AvgIpc) is 3.01. The van der Waals surface area contributed by atoms with Gasteiger partial charge in [-0.25, -0.2) is 16.8 Å². The van der Waals surface area contributed by atoms with Gasteiger partial charge in [0.2, 0.25) is 0 Å². The molecule has 0 radical (unpaired) electrons. The number of carbonyl (C=O) groups excluding carboxylic acids is 1. The van der Waals surface area contributed by atoms with Crippen molar-refractivity contribution in [3.8, 4) is 0 Å². The van der Waals surface area contributed by atoms with E-state index in [0.717, 1.165) is 5.56 Å². The Bertz CT molecular complexity index is 1000. The second-order valence-electron chi connectivity index (χ2n) is 6.14. The molecule has 1 saturated heterocycles. The number of nitrogens with zero attached hydrogens (tertiary/aromatic N) is 1. The molecule has 0 unspecified atom stereocenters. The van der Waals surface area contributed by atoms with Crippen LogP contribution in [0.15, 0.2) is 53.7 Å². The number of pyridine rings is 1. The van der Waals surface area contributed by atoms with Crippen LogP contribution in [0.3, 0.4) is 0 Å². The zero-order valence-electron chi connectivity index (χ0n) is 13.8. The minimum absolute atomic E-state index is 0.0309. The zero-order chi connectivity index (χ0) is 18.8. The Hall–Kier alpha value is -2.26. The highest BCUT2D eigenvalue weighted by Crippen LogP contribution is 2.25. The van der Waals surface area contributed by atoms with Gasteiger partial charge in [0.15, 0.2) is 19.7 Å². The van der Waals surface area contributed by atoms with Crippen molar-refractivity contribution in [1.82, 2.24) is 10.3 Å². The zero-order valence-corrected chi connectivity index (χ0v) is 15.5. The maximum Gasteiger partial charge on any atom is 0.251 e. The smallest absolute Gasteiger partial charge is 0.251 e. The van der Waals surface area contributed by atoms with Crippen molar-refractivity contribution in [2.75, 3.05) is 11.5 Å². The summed E-state index contributed by atoms with van der Waals surface area (Å²) in [5, 5.41) is 1.81. The van der Waals surface area contributed by atoms with Crippen molar-refractivity contribution < 1.29 is 21.6 Å². The molecule has 3 rings (SSSR count). The molecule has 7 nitrogen and oxygen atoms in total. The standard InChI is InChI=1S/C17H18N2O5S2/c20-17(19-11-13-2-1-8-18-10-13)14-3-5-15(6-4-14)26(23,24)16-7-9-25(21,22)12-16/h1-6,8,10,16H,7,9,11-12H2,(H,19,20)/t16-/m0/s1. The third kappa shape index (κ3) is 4.10. The molecule has 138 valence electrons. The van der Waals surface area contributed by atoms with E-state index in [1.807, 2.05) is 6.07 Å². The van der Waals surface area contributed by atoms with Crippen molar-refractivity contribution in [2.24, 2.45) is 0 Å². The minimum atomic E-state index is -3.73. The van der Waals surface area contributed by atoms with Gasteiger partial charge < -0.3 is 5.32 Å². The number of carbonyl (C=O) groups is 1. The van der Waals surface area contributed by atoms with E-state index in [9.17, 15) is 21.6 Å². The maximum atomic E-state index is 12.5. The van der Waals surface area contributed by atoms with E-state index >= 15 is 0 Å². The number of hydrogen-bond donors (Lipinski definition) is 1. The van der Waals surface area contributed by atoms with Crippen molar-refractivity contribution in [3.63, 3.8) is 0 Å². The summed E-state index contributed by atoms with van der Waals surface area (Å²) in [5.41, 5.74) is 1.18. The SMILES string of the molecule is O=C(NCc1cccnc1)c1ccc(S(=O)(=O)[C@H]2CCS(=O)(=O)C2)cc1. The molecule has 0 bridgehead atoms. The van der Waals surface area contributed by atoms with Crippen molar-refractivity contribution in [2.45, 2.75) is 23.1 Å². The predicted octanol–water partition coefficient (Wildman–Crippen LogP) is 0.972. The fraction of sp³-hybridized carbons (Fsp3) is 0.294. The van der Waals surface area contributed by atoms with E-state index in [1.165, 1.54) is 24.3 Å². The first-order valence-corrected chi connectivity index (χ1v) is 11.4. The Morgan fingerprint density at radius 3 is 2.50 bits per heavy atom. The van der Waals surface area contributed by atoms with Gasteiger partial charge in [0.25, 0.3) is 5.91 Å². The lowest BCUT2D eigenvalue weighted by molar-refractivity contribution is 0.0950. The molecule has 1 aliphatic rings. The van der Waals surface area contributed by atoms with Crippen LogP contribution in [0.1, 0.15) is 22.3 Å². The van der Waals surface area contributed by atoms with Crippen molar-refractivity contribution in [1.29, 1.82) is 0 Å². The number of amides is 1. The second kappa shape index (κ2) is 7.16. The Labute approximate surface area is 152 Å². The number of benzene rings is 1. The first kappa shape index (κ1) is 18.5. The Kier molecular flexibility index (Phi) is 5.10. The van der Waals surface area contributed by atoms with Gasteiger partial charge in [-0.3, -0.25) is 9.78 Å². The summed E-state index contributed by atoms with van der Waals surface area (Å²) in [6.07, 6.45) is 3.39. The largest absolute Gasteiger partial charge is 0.348 e. The van der Waals surface area contributed by atoms with Gasteiger partial charge in [-0.15, -0.1) is 0 Å². The van der Waals surface area contributed by atoms with Gasteiger partial charge in [-0.1, -0.05) is 6.07 Å². The molecule has 1 aromatic carbocycles. The highest BCUT2D eigenvalue weighted by molar-refractivity contribution is 7.96. The number of hydrogen-bond acceptors (Lipinski definition) is 6. The summed E-state index contributed by atoms with van der Waals surface area (Å²) in [5.74, 6) is -0.782. The molecule has 9 heteroatoms. The van der Waals surface area contributed by atoms with Crippen LogP contribution >= 0.6 is 0 Å². The molecule has 2 heterocycles. The molecule has 0 aliphatic carbocycles. The molecule has 1 aromatic heterocycles. The van der Waals surface area contributed by atoms with Crippen molar-refractivity contribution >= 4 is 25.6 Å². The first-order valence-electron chi connectivity index (χ1n) is 7.99. The third-order valence-corrected chi connectivity index (χ3v) is 8.44. The van der Waals surface area contributed by atoms with Gasteiger partial charge in [0.1, 0.15) is 0 Å². The average molecular weight is 394 g/mol. The quantitative estimate of drug-likeness (QED) is 0.809. The number of nitrogens with one attached hydrogen (secondary N) is 1. The second-order valence-corrected chi connectivity index (χ2v) is 10.6. The molecule has 1 aliphatic heterocycles. The Morgan fingerprint density at radius 1 is 1.19 bits per heavy atom. The summed E-state index contributed by atoms with van der Waals surface area (Å²) >= 11 is 0. The molecule has 0 spiro atoms. The van der Waals surface area contributed by atoms with Crippen LogP contribution in [0.5, 0.6) is 0 Å². The summed E-state index contributed by atoms with van der Waals surface area (Å²) in [6.45, 7) is 0.312. The molecule has 0 saturated carbocycles. The number of aromatic nitrogens is 1. The summed E-state index contributed by atoms with van der Waals surface area (Å²) < 4.78 is 48.1. The van der Waals surface area contributed by atoms with E-state index in [2.05, 4.69) is 10.3 Å². The lowest BCUT2D eigenvalue weighted by Gasteiger charge is -2.11. The van der Waals surface area contributed by atoms with Gasteiger partial charge in [0, 0.05) is 24.5 Å². The fourth-order valence-corrected chi connectivity index (χ4v) is 7.14. The molecule has 2 aromatic rings. The van der Waals surface area contributed by atoms with Crippen LogP contribution in [0, 0.1) is 0 Å². The third-order valence-electron chi connectivity index (χ3n) is 4.25. The number of rotatable bonds is 5. The van der Waals surface area contributed by atoms with E-state index in [1.54, 1.807) is 18.5 Å². The van der Waals surface area contributed by atoms with Crippen LogP contribution in [-0.2, 0) is 26.2 Å². The molecule has 1 atom stereocenters. The topological polar surface area (TPSA) is 110 Å². The van der Waals surface area contributed by atoms with Crippen LogP contribution in [0.2, 0.25) is 0 Å². The summed E-state index contributed by atoms with van der Waals surface area (Å²) in [4.78, 5) is 16.2. The van der Waals surface area contributed by atoms with Gasteiger partial charge in [-0.2, -0.15) is 0 Å². The highest BCUT2D eigenvalue weighted by Gasteiger charge is 2.37. The molecule has 1 fully saturated rings. The van der Waals surface area contributed by atoms with Crippen LogP contribution in [0.4, 0.5) is 0 Å². The molecular weight excluding hydrogens is 376 g/mol. The summed E-state index contributed by atoms with van der Waals surface area (Å²) in [6, 6.07) is 9.14. The van der Waals surface area contributed by atoms with Crippen LogP contribution in [0.25, 0.3) is 0 Å². The monoisotopic (exact) mass is 394 g/mol. The van der Waals surface area contributed by atoms with Gasteiger partial charge >= 0.3 is 0 Å². The van der Waals surface area contributed by atoms with Crippen molar-refractivity contribution in [3.05, 3.63) is 59.9 Å². The minimum Gasteiger partial charge on any atom is -0.348 e. The predicted molar refractivity (Wildman–Crippen MR) is 96.1 cm³/mol. The number of sulfone groups is 2. The molecule has 1 N–H and O–H groups in total. The normalized spacial score (nSPS) is 19.2. The first-order chi connectivity index (χ1) is 12.3. The lowest BCUT2D eigenvalue weighted by Crippen LogP contribution is -2.24. The van der Waals surface area contributed by atoms with E-state index < -0.39 is 24.9 Å². The molecular formula is C17H18N2O5S2. The maximum absolute atomic E-state index is 12.5. The fourth-order valence-electron chi connectivity index (χ4n) is 2.78. The lowest BCUT2D eigenvalue weighted by atomic mass is 10.2. The molecule has 1 amide bonds. The van der Waals surface area contributed by atoms with E-state index in [0.29, 0.717) is 12.1 Å². The van der Waals surface area contributed by atoms with E-state index in [4.69, 9.17) is 0 Å². The Morgan fingerprint density at radius 2 is 1.92 bits per heavy atom. The Balaban J connectivity index is 1.69. The summed E-state index contributed by atoms with van der Waals surface area (Å²) in [7, 11) is -7.02. The highest BCUT2D eigenvalue weighted by atomic mass is 32.2. The van der Waals surface area contributed by atoms with Gasteiger partial charge in [0.05, 0.1) is 21.7 Å². The van der Waals surface area contributed by atoms with Gasteiger partial charge in [-0.05, 0) is 42.3 Å². The molecule has 26 heavy (non-hydrogen) atoms. The van der Waals surface area contributed by atoms with Crippen LogP contribution < -0.4 is 5.32 Å². The van der Waals surface area contributed by atoms with Crippen LogP contribution in [-0.4, -0.2) is 44.5 Å².